The van der Waals surface area contributed by atoms with Gasteiger partial charge in [-0.25, -0.2) is 9.97 Å². The van der Waals surface area contributed by atoms with E-state index in [-0.39, 0.29) is 0 Å². The maximum Gasteiger partial charge on any atom is 0.236 e. The molecule has 246 valence electrons. The van der Waals surface area contributed by atoms with Crippen molar-refractivity contribution in [1.29, 1.82) is 0 Å². The third-order valence-corrected chi connectivity index (χ3v) is 10.8. The lowest BCUT2D eigenvalue weighted by molar-refractivity contribution is 0.666. The van der Waals surface area contributed by atoms with Gasteiger partial charge in [0.25, 0.3) is 0 Å². The summed E-state index contributed by atoms with van der Waals surface area (Å²) in [4.78, 5) is 10.6. The summed E-state index contributed by atoms with van der Waals surface area (Å²) < 4.78 is 15.2. The van der Waals surface area contributed by atoms with Crippen LogP contribution in [0.3, 0.4) is 0 Å². The van der Waals surface area contributed by atoms with Crippen molar-refractivity contribution in [2.45, 2.75) is 0 Å². The van der Waals surface area contributed by atoms with Gasteiger partial charge in [0.05, 0.1) is 11.0 Å². The van der Waals surface area contributed by atoms with Crippen LogP contribution in [0, 0.1) is 0 Å². The van der Waals surface area contributed by atoms with Crippen molar-refractivity contribution in [3.8, 4) is 28.3 Å². The number of para-hydroxylation sites is 3. The third-order valence-electron chi connectivity index (χ3n) is 10.8. The first-order valence-corrected chi connectivity index (χ1v) is 17.8. The van der Waals surface area contributed by atoms with Crippen molar-refractivity contribution in [1.82, 2.24) is 14.5 Å². The molecule has 0 aliphatic carbocycles. The Morgan fingerprint density at radius 2 is 1.04 bits per heavy atom. The summed E-state index contributed by atoms with van der Waals surface area (Å²) in [6.45, 7) is 0. The maximum atomic E-state index is 6.53. The minimum atomic E-state index is 0.591. The number of hydrogen-bond donors (Lipinski definition) is 0. The quantitative estimate of drug-likeness (QED) is 0.187. The highest BCUT2D eigenvalue weighted by Crippen LogP contribution is 2.41. The smallest absolute Gasteiger partial charge is 0.236 e. The van der Waals surface area contributed by atoms with Gasteiger partial charge in [-0.3, -0.25) is 4.57 Å². The molecule has 5 heteroatoms. The Kier molecular flexibility index (Phi) is 5.71. The molecule has 0 aliphatic heterocycles. The molecule has 0 fully saturated rings. The fourth-order valence-corrected chi connectivity index (χ4v) is 8.25. The average molecular weight is 678 g/mol. The molecule has 5 nitrogen and oxygen atoms in total. The molecule has 0 bridgehead atoms. The first-order chi connectivity index (χ1) is 26.2. The molecule has 0 saturated heterocycles. The fraction of sp³-hybridized carbons (Fsp3) is 0. The summed E-state index contributed by atoms with van der Waals surface area (Å²) in [5, 5.41) is 10.1. The minimum absolute atomic E-state index is 0.591. The first-order valence-electron chi connectivity index (χ1n) is 17.8. The zero-order valence-corrected chi connectivity index (χ0v) is 28.2. The van der Waals surface area contributed by atoms with E-state index in [4.69, 9.17) is 18.8 Å². The first kappa shape index (κ1) is 28.5. The number of nitrogens with zero attached hydrogens (tertiary/aromatic N) is 3. The molecule has 0 spiro atoms. The molecule has 0 aliphatic rings. The lowest BCUT2D eigenvalue weighted by Crippen LogP contribution is -2.03. The van der Waals surface area contributed by atoms with Gasteiger partial charge in [0.2, 0.25) is 5.95 Å². The number of aromatic nitrogens is 3. The van der Waals surface area contributed by atoms with Crippen molar-refractivity contribution in [3.63, 3.8) is 0 Å². The van der Waals surface area contributed by atoms with Crippen LogP contribution in [0.5, 0.6) is 0 Å². The van der Waals surface area contributed by atoms with Crippen LogP contribution >= 0.6 is 0 Å². The van der Waals surface area contributed by atoms with Crippen LogP contribution in [0.4, 0.5) is 0 Å². The van der Waals surface area contributed by atoms with Gasteiger partial charge in [-0.05, 0) is 75.8 Å². The Morgan fingerprint density at radius 3 is 1.91 bits per heavy atom. The van der Waals surface area contributed by atoms with E-state index >= 15 is 0 Å². The van der Waals surface area contributed by atoms with E-state index in [2.05, 4.69) is 138 Å². The van der Waals surface area contributed by atoms with Crippen molar-refractivity contribution >= 4 is 87.4 Å². The van der Waals surface area contributed by atoms with Crippen molar-refractivity contribution in [3.05, 3.63) is 164 Å². The summed E-state index contributed by atoms with van der Waals surface area (Å²) in [5.74, 6) is 0.591. The Morgan fingerprint density at radius 1 is 0.377 bits per heavy atom. The molecule has 4 heterocycles. The highest BCUT2D eigenvalue weighted by atomic mass is 16.3. The zero-order chi connectivity index (χ0) is 34.6. The molecule has 0 N–H and O–H groups in total. The van der Waals surface area contributed by atoms with Crippen molar-refractivity contribution in [2.24, 2.45) is 0 Å². The monoisotopic (exact) mass is 677 g/mol. The van der Waals surface area contributed by atoms with Gasteiger partial charge in [-0.1, -0.05) is 115 Å². The van der Waals surface area contributed by atoms with E-state index < -0.39 is 0 Å². The normalized spacial score (nSPS) is 12.2. The van der Waals surface area contributed by atoms with Crippen molar-refractivity contribution in [2.75, 3.05) is 0 Å². The number of furan rings is 2. The Balaban J connectivity index is 1.10. The van der Waals surface area contributed by atoms with Crippen molar-refractivity contribution < 1.29 is 8.83 Å². The number of rotatable bonds is 3. The summed E-state index contributed by atoms with van der Waals surface area (Å²) in [6.07, 6.45) is 0. The van der Waals surface area contributed by atoms with E-state index in [0.717, 1.165) is 87.8 Å². The highest BCUT2D eigenvalue weighted by Gasteiger charge is 2.22. The lowest BCUT2D eigenvalue weighted by Gasteiger charge is -2.10. The molecule has 0 unspecified atom stereocenters. The second kappa shape index (κ2) is 10.6. The zero-order valence-electron chi connectivity index (χ0n) is 28.2. The molecule has 4 aromatic heterocycles. The summed E-state index contributed by atoms with van der Waals surface area (Å²) in [5.41, 5.74) is 10.1. The summed E-state index contributed by atoms with van der Waals surface area (Å²) >= 11 is 0. The number of hydrogen-bond acceptors (Lipinski definition) is 4. The van der Waals surface area contributed by atoms with Crippen LogP contribution in [-0.4, -0.2) is 14.5 Å². The third kappa shape index (κ3) is 4.13. The van der Waals surface area contributed by atoms with Gasteiger partial charge >= 0.3 is 0 Å². The van der Waals surface area contributed by atoms with Gasteiger partial charge in [0.15, 0.2) is 5.58 Å². The van der Waals surface area contributed by atoms with Crippen LogP contribution in [-0.2, 0) is 0 Å². The summed E-state index contributed by atoms with van der Waals surface area (Å²) in [7, 11) is 0. The second-order valence-electron chi connectivity index (χ2n) is 13.8. The molecular formula is C48H27N3O2. The van der Waals surface area contributed by atoms with E-state index in [1.807, 2.05) is 30.3 Å². The van der Waals surface area contributed by atoms with Gasteiger partial charge in [0, 0.05) is 37.9 Å². The Hall–Kier alpha value is -7.24. The lowest BCUT2D eigenvalue weighted by atomic mass is 9.99. The van der Waals surface area contributed by atoms with Gasteiger partial charge in [-0.2, -0.15) is 0 Å². The number of benzene rings is 8. The molecule has 12 rings (SSSR count). The Bertz CT molecular complexity index is 3460. The topological polar surface area (TPSA) is 57.0 Å². The Labute approximate surface area is 302 Å². The van der Waals surface area contributed by atoms with Crippen LogP contribution in [0.15, 0.2) is 173 Å². The summed E-state index contributed by atoms with van der Waals surface area (Å²) in [6, 6.07) is 57.4. The van der Waals surface area contributed by atoms with Crippen LogP contribution in [0.25, 0.3) is 116 Å². The maximum absolute atomic E-state index is 6.53. The molecular weight excluding hydrogens is 651 g/mol. The molecule has 0 amide bonds. The average Bonchev–Trinajstić information content (AvgIpc) is 3.89. The van der Waals surface area contributed by atoms with E-state index in [1.165, 1.54) is 16.3 Å². The predicted molar refractivity (Wildman–Crippen MR) is 217 cm³/mol. The van der Waals surface area contributed by atoms with Crippen LogP contribution < -0.4 is 0 Å². The van der Waals surface area contributed by atoms with Gasteiger partial charge < -0.3 is 8.83 Å². The molecule has 0 saturated carbocycles. The SMILES string of the molecule is c1ccc2cc(-c3ccc(-c4nc(-n5c6ccccc6c6cc7c(ccc8c9ccccc9oc78)cc65)nc5c4oc4ccccc45)cc3)ccc2c1. The largest absolute Gasteiger partial charge is 0.455 e. The molecule has 8 aromatic carbocycles. The van der Waals surface area contributed by atoms with E-state index in [9.17, 15) is 0 Å². The standard InChI is InChI=1S/C48H27N3O2/c1-2-10-31-25-32(22-19-28(31)9-1)29-17-20-30(21-18-29)44-47-45(37-13-5-8-16-43(37)53-47)50-48(49-44)51-40-14-6-3-11-34(40)39-27-38-33(26-41(39)51)23-24-36-35-12-4-7-15-42(35)52-46(36)38/h1-27H. The van der Waals surface area contributed by atoms with Crippen LogP contribution in [0.1, 0.15) is 0 Å². The fourth-order valence-electron chi connectivity index (χ4n) is 8.25. The molecule has 0 radical (unpaired) electrons. The minimum Gasteiger partial charge on any atom is -0.455 e. The number of fused-ring (bicyclic) bond motifs is 12. The second-order valence-corrected chi connectivity index (χ2v) is 13.8. The predicted octanol–water partition coefficient (Wildman–Crippen LogP) is 13.0. The van der Waals surface area contributed by atoms with E-state index in [1.54, 1.807) is 0 Å². The molecule has 0 atom stereocenters. The van der Waals surface area contributed by atoms with Gasteiger partial charge in [-0.15, -0.1) is 0 Å². The van der Waals surface area contributed by atoms with E-state index in [0.29, 0.717) is 11.5 Å². The van der Waals surface area contributed by atoms with Crippen LogP contribution in [0.2, 0.25) is 0 Å². The molecule has 53 heavy (non-hydrogen) atoms. The van der Waals surface area contributed by atoms with Gasteiger partial charge in [0.1, 0.15) is 28.0 Å². The molecule has 12 aromatic rings. The highest BCUT2D eigenvalue weighted by molar-refractivity contribution is 6.20.